The second-order valence-electron chi connectivity index (χ2n) is 6.33. The van der Waals surface area contributed by atoms with Crippen molar-refractivity contribution in [3.8, 4) is 0 Å². The summed E-state index contributed by atoms with van der Waals surface area (Å²) < 4.78 is 7.84. The SMILES string of the molecule is O=C(C1CCc2nncn2C1)N1CCO[C@@H](c2ccc(Cl)cc2)C1. The second-order valence-corrected chi connectivity index (χ2v) is 6.77. The van der Waals surface area contributed by atoms with Crippen molar-refractivity contribution < 1.29 is 9.53 Å². The van der Waals surface area contributed by atoms with E-state index in [1.807, 2.05) is 33.7 Å². The van der Waals surface area contributed by atoms with Gasteiger partial charge in [-0.15, -0.1) is 10.2 Å². The number of morpholine rings is 1. The molecule has 6 nitrogen and oxygen atoms in total. The highest BCUT2D eigenvalue weighted by Gasteiger charge is 2.32. The number of aryl methyl sites for hydroxylation is 1. The van der Waals surface area contributed by atoms with Crippen molar-refractivity contribution >= 4 is 17.5 Å². The fourth-order valence-corrected chi connectivity index (χ4v) is 3.57. The van der Waals surface area contributed by atoms with E-state index >= 15 is 0 Å². The number of benzene rings is 1. The quantitative estimate of drug-likeness (QED) is 0.835. The van der Waals surface area contributed by atoms with Gasteiger partial charge in [0, 0.05) is 24.5 Å². The van der Waals surface area contributed by atoms with Gasteiger partial charge in [-0.3, -0.25) is 4.79 Å². The Labute approximate surface area is 145 Å². The topological polar surface area (TPSA) is 60.2 Å². The van der Waals surface area contributed by atoms with Gasteiger partial charge in [0.15, 0.2) is 0 Å². The van der Waals surface area contributed by atoms with E-state index in [-0.39, 0.29) is 17.9 Å². The number of hydrogen-bond donors (Lipinski definition) is 0. The lowest BCUT2D eigenvalue weighted by Crippen LogP contribution is -2.46. The summed E-state index contributed by atoms with van der Waals surface area (Å²) in [5.74, 6) is 1.18. The van der Waals surface area contributed by atoms with Gasteiger partial charge in [-0.05, 0) is 24.1 Å². The minimum Gasteiger partial charge on any atom is -0.370 e. The van der Waals surface area contributed by atoms with E-state index in [4.69, 9.17) is 16.3 Å². The maximum Gasteiger partial charge on any atom is 0.227 e. The summed E-state index contributed by atoms with van der Waals surface area (Å²) in [7, 11) is 0. The van der Waals surface area contributed by atoms with E-state index in [0.29, 0.717) is 31.3 Å². The minimum absolute atomic E-state index is 0.00234. The van der Waals surface area contributed by atoms with Gasteiger partial charge in [0.1, 0.15) is 18.3 Å². The van der Waals surface area contributed by atoms with Gasteiger partial charge in [-0.2, -0.15) is 0 Å². The predicted molar refractivity (Wildman–Crippen MR) is 88.6 cm³/mol. The molecule has 0 bridgehead atoms. The number of aromatic nitrogens is 3. The van der Waals surface area contributed by atoms with E-state index in [1.54, 1.807) is 6.33 Å². The van der Waals surface area contributed by atoms with Gasteiger partial charge in [-0.1, -0.05) is 23.7 Å². The molecule has 3 heterocycles. The van der Waals surface area contributed by atoms with Crippen molar-refractivity contribution in [1.82, 2.24) is 19.7 Å². The fourth-order valence-electron chi connectivity index (χ4n) is 3.45. The van der Waals surface area contributed by atoms with E-state index in [2.05, 4.69) is 10.2 Å². The van der Waals surface area contributed by atoms with E-state index in [1.165, 1.54) is 0 Å². The molecule has 1 amide bonds. The molecule has 0 N–H and O–H groups in total. The van der Waals surface area contributed by atoms with E-state index in [0.717, 1.165) is 24.2 Å². The van der Waals surface area contributed by atoms with Crippen LogP contribution >= 0.6 is 11.6 Å². The molecule has 2 aliphatic heterocycles. The number of fused-ring (bicyclic) bond motifs is 1. The zero-order valence-corrected chi connectivity index (χ0v) is 14.0. The van der Waals surface area contributed by atoms with Gasteiger partial charge in [-0.25, -0.2) is 0 Å². The Kier molecular flexibility index (Phi) is 4.24. The van der Waals surface area contributed by atoms with Crippen molar-refractivity contribution in [2.45, 2.75) is 25.5 Å². The largest absolute Gasteiger partial charge is 0.370 e. The van der Waals surface area contributed by atoms with Crippen molar-refractivity contribution in [2.24, 2.45) is 5.92 Å². The van der Waals surface area contributed by atoms with Crippen LogP contribution in [0.15, 0.2) is 30.6 Å². The summed E-state index contributed by atoms with van der Waals surface area (Å²) in [6.07, 6.45) is 3.26. The molecule has 2 aromatic rings. The lowest BCUT2D eigenvalue weighted by atomic mass is 9.97. The summed E-state index contributed by atoms with van der Waals surface area (Å²) in [6.45, 7) is 2.47. The maximum absolute atomic E-state index is 12.9. The van der Waals surface area contributed by atoms with Crippen molar-refractivity contribution in [3.63, 3.8) is 0 Å². The van der Waals surface area contributed by atoms with Crippen LogP contribution < -0.4 is 0 Å². The van der Waals surface area contributed by atoms with Crippen LogP contribution in [0.3, 0.4) is 0 Å². The molecule has 0 saturated carbocycles. The maximum atomic E-state index is 12.9. The van der Waals surface area contributed by atoms with E-state index < -0.39 is 0 Å². The molecule has 4 rings (SSSR count). The number of ether oxygens (including phenoxy) is 1. The fraction of sp³-hybridized carbons (Fsp3) is 0.471. The number of rotatable bonds is 2. The number of halogens is 1. The molecule has 1 aromatic carbocycles. The lowest BCUT2D eigenvalue weighted by molar-refractivity contribution is -0.144. The normalized spacial score (nSPS) is 23.8. The summed E-state index contributed by atoms with van der Waals surface area (Å²) in [4.78, 5) is 14.8. The van der Waals surface area contributed by atoms with Gasteiger partial charge in [0.05, 0.1) is 19.1 Å². The van der Waals surface area contributed by atoms with Gasteiger partial charge in [0.25, 0.3) is 0 Å². The van der Waals surface area contributed by atoms with Crippen LogP contribution in [-0.4, -0.2) is 45.3 Å². The molecule has 7 heteroatoms. The van der Waals surface area contributed by atoms with Crippen LogP contribution in [0.4, 0.5) is 0 Å². The number of nitrogens with zero attached hydrogens (tertiary/aromatic N) is 4. The number of carbonyl (C=O) groups is 1. The standard InChI is InChI=1S/C17H19ClN4O2/c18-14-4-1-12(2-5-14)15-10-21(7-8-24-15)17(23)13-3-6-16-20-19-11-22(16)9-13/h1-2,4-5,11,13,15H,3,6-10H2/t13?,15-/m1/s1. The Balaban J connectivity index is 1.44. The highest BCUT2D eigenvalue weighted by molar-refractivity contribution is 6.30. The molecule has 1 fully saturated rings. The summed E-state index contributed by atoms with van der Waals surface area (Å²) in [5.41, 5.74) is 1.06. The van der Waals surface area contributed by atoms with Gasteiger partial charge < -0.3 is 14.2 Å². The first-order chi connectivity index (χ1) is 11.7. The molecule has 0 spiro atoms. The molecule has 2 aliphatic rings. The third kappa shape index (κ3) is 3.03. The zero-order valence-electron chi connectivity index (χ0n) is 13.3. The number of carbonyl (C=O) groups excluding carboxylic acids is 1. The highest BCUT2D eigenvalue weighted by atomic mass is 35.5. The first kappa shape index (κ1) is 15.6. The molecule has 1 saturated heterocycles. The van der Waals surface area contributed by atoms with E-state index in [9.17, 15) is 4.79 Å². The average molecular weight is 347 g/mol. The van der Waals surface area contributed by atoms with Gasteiger partial charge in [0.2, 0.25) is 5.91 Å². The molecule has 126 valence electrons. The van der Waals surface area contributed by atoms with Crippen molar-refractivity contribution in [1.29, 1.82) is 0 Å². The average Bonchev–Trinajstić information content (AvgIpc) is 3.09. The monoisotopic (exact) mass is 346 g/mol. The molecular formula is C17H19ClN4O2. The van der Waals surface area contributed by atoms with Crippen molar-refractivity contribution in [2.75, 3.05) is 19.7 Å². The molecular weight excluding hydrogens is 328 g/mol. The summed E-state index contributed by atoms with van der Waals surface area (Å²) in [5, 5.41) is 8.71. The van der Waals surface area contributed by atoms with Crippen LogP contribution in [0.25, 0.3) is 0 Å². The Morgan fingerprint density at radius 2 is 2.08 bits per heavy atom. The van der Waals surface area contributed by atoms with Crippen LogP contribution in [0, 0.1) is 5.92 Å². The smallest absolute Gasteiger partial charge is 0.227 e. The molecule has 1 unspecified atom stereocenters. The Hall–Kier alpha value is -1.92. The molecule has 1 aromatic heterocycles. The van der Waals surface area contributed by atoms with Crippen LogP contribution in [0.5, 0.6) is 0 Å². The molecule has 24 heavy (non-hydrogen) atoms. The first-order valence-electron chi connectivity index (χ1n) is 8.23. The third-order valence-corrected chi connectivity index (χ3v) is 5.05. The molecule has 2 atom stereocenters. The number of amides is 1. The Bertz CT molecular complexity index is 730. The zero-order chi connectivity index (χ0) is 16.5. The molecule has 0 aliphatic carbocycles. The Morgan fingerprint density at radius 3 is 2.92 bits per heavy atom. The summed E-state index contributed by atoms with van der Waals surface area (Å²) >= 11 is 5.95. The first-order valence-corrected chi connectivity index (χ1v) is 8.61. The molecule has 0 radical (unpaired) electrons. The second kappa shape index (κ2) is 6.53. The third-order valence-electron chi connectivity index (χ3n) is 4.80. The van der Waals surface area contributed by atoms with Crippen LogP contribution in [-0.2, 0) is 22.5 Å². The number of hydrogen-bond acceptors (Lipinski definition) is 4. The highest BCUT2D eigenvalue weighted by Crippen LogP contribution is 2.26. The van der Waals surface area contributed by atoms with Gasteiger partial charge >= 0.3 is 0 Å². The lowest BCUT2D eigenvalue weighted by Gasteiger charge is -2.36. The van der Waals surface area contributed by atoms with Crippen molar-refractivity contribution in [3.05, 3.63) is 47.0 Å². The van der Waals surface area contributed by atoms with Crippen LogP contribution in [0.2, 0.25) is 5.02 Å². The predicted octanol–water partition coefficient (Wildman–Crippen LogP) is 2.09. The Morgan fingerprint density at radius 1 is 1.25 bits per heavy atom. The van der Waals surface area contributed by atoms with Crippen LogP contribution in [0.1, 0.15) is 23.9 Å². The minimum atomic E-state index is -0.0889. The summed E-state index contributed by atoms with van der Waals surface area (Å²) in [6, 6.07) is 7.64.